The van der Waals surface area contributed by atoms with Gasteiger partial charge < -0.3 is 24.0 Å². The number of piperazine rings is 1. The topological polar surface area (TPSA) is 68.3 Å². The lowest BCUT2D eigenvalue weighted by atomic mass is 10.2. The summed E-state index contributed by atoms with van der Waals surface area (Å²) in [5, 5.41) is 0.612. The summed E-state index contributed by atoms with van der Waals surface area (Å²) in [5.41, 5.74) is 0.940. The molecule has 1 saturated heterocycles. The molecule has 0 saturated carbocycles. The van der Waals surface area contributed by atoms with Crippen LogP contribution >= 0.6 is 11.6 Å². The van der Waals surface area contributed by atoms with Crippen LogP contribution in [-0.4, -0.2) is 67.6 Å². The molecular weight excluding hydrogens is 420 g/mol. The fraction of sp³-hybridized carbons (Fsp3) is 0.391. The number of amides is 2. The molecule has 0 unspecified atom stereocenters. The van der Waals surface area contributed by atoms with E-state index in [0.29, 0.717) is 43.6 Å². The first kappa shape index (κ1) is 22.9. The highest BCUT2D eigenvalue weighted by Gasteiger charge is 2.27. The van der Waals surface area contributed by atoms with Crippen molar-refractivity contribution in [2.24, 2.45) is 0 Å². The van der Waals surface area contributed by atoms with Crippen LogP contribution in [0.4, 0.5) is 0 Å². The van der Waals surface area contributed by atoms with Crippen molar-refractivity contribution < 1.29 is 23.8 Å². The molecule has 8 heteroatoms. The number of rotatable bonds is 8. The number of carbonyl (C=O) groups excluding carboxylic acids is 2. The molecule has 0 aliphatic carbocycles. The van der Waals surface area contributed by atoms with Gasteiger partial charge in [0.2, 0.25) is 0 Å². The molecule has 2 aromatic rings. The number of ether oxygens (including phenoxy) is 3. The van der Waals surface area contributed by atoms with Crippen LogP contribution < -0.4 is 9.47 Å². The van der Waals surface area contributed by atoms with Crippen molar-refractivity contribution in [1.82, 2.24) is 9.80 Å². The molecule has 3 rings (SSSR count). The minimum atomic E-state index is -0.568. The number of hydrogen-bond acceptors (Lipinski definition) is 5. The second-order valence-corrected chi connectivity index (χ2v) is 7.69. The standard InChI is InChI=1S/C23H27ClN2O5/c1-17(30-15-18-4-3-5-21(14-18)29-2)23(28)26-12-10-25(11-13-26)22(27)16-31-20-8-6-19(24)7-9-20/h3-9,14,17H,10-13,15-16H2,1-2H3/t17-/m0/s1. The van der Waals surface area contributed by atoms with Crippen LogP contribution in [0.15, 0.2) is 48.5 Å². The second-order valence-electron chi connectivity index (χ2n) is 7.25. The zero-order chi connectivity index (χ0) is 22.2. The molecule has 1 atom stereocenters. The largest absolute Gasteiger partial charge is 0.497 e. The smallest absolute Gasteiger partial charge is 0.260 e. The Morgan fingerprint density at radius 1 is 1.00 bits per heavy atom. The molecule has 1 heterocycles. The molecule has 0 N–H and O–H groups in total. The van der Waals surface area contributed by atoms with E-state index in [-0.39, 0.29) is 18.4 Å². The lowest BCUT2D eigenvalue weighted by Gasteiger charge is -2.35. The molecule has 1 aliphatic rings. The van der Waals surface area contributed by atoms with E-state index in [1.54, 1.807) is 48.1 Å². The predicted molar refractivity (Wildman–Crippen MR) is 117 cm³/mol. The molecule has 0 spiro atoms. The second kappa shape index (κ2) is 11.0. The van der Waals surface area contributed by atoms with Gasteiger partial charge in [-0.25, -0.2) is 0 Å². The average Bonchev–Trinajstić information content (AvgIpc) is 2.81. The average molecular weight is 447 g/mol. The van der Waals surface area contributed by atoms with Crippen LogP contribution in [0, 0.1) is 0 Å². The Hall–Kier alpha value is -2.77. The van der Waals surface area contributed by atoms with Crippen LogP contribution in [0.3, 0.4) is 0 Å². The van der Waals surface area contributed by atoms with Crippen molar-refractivity contribution in [3.8, 4) is 11.5 Å². The summed E-state index contributed by atoms with van der Waals surface area (Å²) in [5.74, 6) is 1.16. The van der Waals surface area contributed by atoms with Gasteiger partial charge >= 0.3 is 0 Å². The Morgan fingerprint density at radius 3 is 2.35 bits per heavy atom. The highest BCUT2D eigenvalue weighted by atomic mass is 35.5. The molecule has 31 heavy (non-hydrogen) atoms. The normalized spacial score (nSPS) is 14.8. The van der Waals surface area contributed by atoms with Crippen molar-refractivity contribution in [1.29, 1.82) is 0 Å². The van der Waals surface area contributed by atoms with E-state index in [4.69, 9.17) is 25.8 Å². The van der Waals surface area contributed by atoms with E-state index in [9.17, 15) is 9.59 Å². The van der Waals surface area contributed by atoms with E-state index in [2.05, 4.69) is 0 Å². The van der Waals surface area contributed by atoms with Gasteiger partial charge in [-0.1, -0.05) is 23.7 Å². The van der Waals surface area contributed by atoms with E-state index in [1.165, 1.54) is 0 Å². The molecule has 166 valence electrons. The zero-order valence-electron chi connectivity index (χ0n) is 17.8. The molecular formula is C23H27ClN2O5. The Labute approximate surface area is 187 Å². The summed E-state index contributed by atoms with van der Waals surface area (Å²) in [6.45, 7) is 3.91. The van der Waals surface area contributed by atoms with Crippen molar-refractivity contribution in [3.63, 3.8) is 0 Å². The summed E-state index contributed by atoms with van der Waals surface area (Å²) < 4.78 is 16.5. The van der Waals surface area contributed by atoms with Crippen molar-refractivity contribution >= 4 is 23.4 Å². The van der Waals surface area contributed by atoms with E-state index in [0.717, 1.165) is 11.3 Å². The summed E-state index contributed by atoms with van der Waals surface area (Å²) in [6, 6.07) is 14.4. The maximum absolute atomic E-state index is 12.7. The van der Waals surface area contributed by atoms with E-state index in [1.807, 2.05) is 24.3 Å². The Balaban J connectivity index is 1.41. The third-order valence-electron chi connectivity index (χ3n) is 5.10. The Kier molecular flexibility index (Phi) is 8.14. The quantitative estimate of drug-likeness (QED) is 0.623. The fourth-order valence-electron chi connectivity index (χ4n) is 3.26. The van der Waals surface area contributed by atoms with Crippen LogP contribution in [-0.2, 0) is 20.9 Å². The Morgan fingerprint density at radius 2 is 1.68 bits per heavy atom. The van der Waals surface area contributed by atoms with Gasteiger partial charge in [0.15, 0.2) is 6.61 Å². The van der Waals surface area contributed by atoms with Gasteiger partial charge in [-0.3, -0.25) is 9.59 Å². The number of hydrogen-bond donors (Lipinski definition) is 0. The van der Waals surface area contributed by atoms with Crippen LogP contribution in [0.5, 0.6) is 11.5 Å². The zero-order valence-corrected chi connectivity index (χ0v) is 18.5. The maximum atomic E-state index is 12.7. The van der Waals surface area contributed by atoms with Gasteiger partial charge in [-0.05, 0) is 48.9 Å². The number of carbonyl (C=O) groups is 2. The summed E-state index contributed by atoms with van der Waals surface area (Å²) >= 11 is 5.84. The molecule has 0 bridgehead atoms. The van der Waals surface area contributed by atoms with Gasteiger partial charge in [-0.15, -0.1) is 0 Å². The monoisotopic (exact) mass is 446 g/mol. The predicted octanol–water partition coefficient (Wildman–Crippen LogP) is 3.00. The number of nitrogens with zero attached hydrogens (tertiary/aromatic N) is 2. The van der Waals surface area contributed by atoms with Crippen LogP contribution in [0.1, 0.15) is 12.5 Å². The Bertz CT molecular complexity index is 882. The third-order valence-corrected chi connectivity index (χ3v) is 5.35. The minimum absolute atomic E-state index is 0.0460. The third kappa shape index (κ3) is 6.60. The van der Waals surface area contributed by atoms with Crippen LogP contribution in [0.2, 0.25) is 5.02 Å². The molecule has 7 nitrogen and oxygen atoms in total. The van der Waals surface area contributed by atoms with Crippen molar-refractivity contribution in [2.45, 2.75) is 19.6 Å². The van der Waals surface area contributed by atoms with Crippen molar-refractivity contribution in [2.75, 3.05) is 39.9 Å². The van der Waals surface area contributed by atoms with Crippen LogP contribution in [0.25, 0.3) is 0 Å². The maximum Gasteiger partial charge on any atom is 0.260 e. The molecule has 2 amide bonds. The van der Waals surface area contributed by atoms with E-state index >= 15 is 0 Å². The lowest BCUT2D eigenvalue weighted by molar-refractivity contribution is -0.148. The van der Waals surface area contributed by atoms with Gasteiger partial charge in [-0.2, -0.15) is 0 Å². The first-order valence-electron chi connectivity index (χ1n) is 10.2. The molecule has 0 radical (unpaired) electrons. The fourth-order valence-corrected chi connectivity index (χ4v) is 3.38. The number of halogens is 1. The molecule has 0 aromatic heterocycles. The van der Waals surface area contributed by atoms with Crippen molar-refractivity contribution in [3.05, 3.63) is 59.1 Å². The lowest BCUT2D eigenvalue weighted by Crippen LogP contribution is -2.53. The molecule has 2 aromatic carbocycles. The first-order chi connectivity index (χ1) is 15.0. The highest BCUT2D eigenvalue weighted by molar-refractivity contribution is 6.30. The number of methoxy groups -OCH3 is 1. The molecule has 1 fully saturated rings. The highest BCUT2D eigenvalue weighted by Crippen LogP contribution is 2.16. The molecule has 1 aliphatic heterocycles. The van der Waals surface area contributed by atoms with Gasteiger partial charge in [0.25, 0.3) is 11.8 Å². The first-order valence-corrected chi connectivity index (χ1v) is 10.5. The SMILES string of the molecule is COc1cccc(CO[C@@H](C)C(=O)N2CCN(C(=O)COc3ccc(Cl)cc3)CC2)c1. The van der Waals surface area contributed by atoms with Gasteiger partial charge in [0.05, 0.1) is 13.7 Å². The summed E-state index contributed by atoms with van der Waals surface area (Å²) in [7, 11) is 1.61. The summed E-state index contributed by atoms with van der Waals surface area (Å²) in [6.07, 6.45) is -0.568. The summed E-state index contributed by atoms with van der Waals surface area (Å²) in [4.78, 5) is 28.5. The number of benzene rings is 2. The minimum Gasteiger partial charge on any atom is -0.497 e. The van der Waals surface area contributed by atoms with Gasteiger partial charge in [0, 0.05) is 31.2 Å². The van der Waals surface area contributed by atoms with Gasteiger partial charge in [0.1, 0.15) is 17.6 Å². The van der Waals surface area contributed by atoms with E-state index < -0.39 is 6.10 Å².